The second kappa shape index (κ2) is 4.72. The molecule has 1 aromatic carbocycles. The van der Waals surface area contributed by atoms with Crippen LogP contribution in [0.3, 0.4) is 0 Å². The lowest BCUT2D eigenvalue weighted by molar-refractivity contribution is 0.532. The van der Waals surface area contributed by atoms with Crippen molar-refractivity contribution in [2.45, 2.75) is 37.1 Å². The topological polar surface area (TPSA) is 49.8 Å². The predicted molar refractivity (Wildman–Crippen MR) is 71.9 cm³/mol. The van der Waals surface area contributed by atoms with E-state index < -0.39 is 5.54 Å². The van der Waals surface area contributed by atoms with E-state index in [9.17, 15) is 5.26 Å². The van der Waals surface area contributed by atoms with Crippen molar-refractivity contribution in [3.63, 3.8) is 0 Å². The Balaban J connectivity index is 2.06. The van der Waals surface area contributed by atoms with Crippen LogP contribution in [0.1, 0.15) is 24.0 Å². The lowest BCUT2D eigenvalue weighted by atomic mass is 10.00. The first-order valence-corrected chi connectivity index (χ1v) is 6.94. The molecule has 0 amide bonds. The van der Waals surface area contributed by atoms with Gasteiger partial charge >= 0.3 is 0 Å². The summed E-state index contributed by atoms with van der Waals surface area (Å²) in [5.74, 6) is 1.10. The van der Waals surface area contributed by atoms with Crippen LogP contribution in [0.4, 0.5) is 0 Å². The van der Waals surface area contributed by atoms with Crippen LogP contribution in [0, 0.1) is 31.1 Å². The second-order valence-corrected chi connectivity index (χ2v) is 6.00. The fraction of sp³-hybridized carbons (Fsp3) is 0.500. The standard InChI is InChI=1S/C14H18N2S/c1-10-3-4-11(2)13(7-10)17-9-14(16,8-15)12-5-6-12/h3-4,7,12H,5-6,9,16H2,1-2H3. The molecule has 0 aromatic heterocycles. The first-order valence-electron chi connectivity index (χ1n) is 5.95. The van der Waals surface area contributed by atoms with Crippen molar-refractivity contribution in [2.24, 2.45) is 11.7 Å². The van der Waals surface area contributed by atoms with E-state index >= 15 is 0 Å². The summed E-state index contributed by atoms with van der Waals surface area (Å²) in [5.41, 5.74) is 8.03. The van der Waals surface area contributed by atoms with Gasteiger partial charge in [0.05, 0.1) is 6.07 Å². The van der Waals surface area contributed by atoms with Crippen LogP contribution in [0.15, 0.2) is 23.1 Å². The maximum absolute atomic E-state index is 9.21. The summed E-state index contributed by atoms with van der Waals surface area (Å²) in [7, 11) is 0. The number of rotatable bonds is 4. The van der Waals surface area contributed by atoms with Gasteiger partial charge in [-0.2, -0.15) is 5.26 Å². The third-order valence-corrected chi connectivity index (χ3v) is 4.70. The molecule has 0 bridgehead atoms. The average Bonchev–Trinajstić information content (AvgIpc) is 3.14. The molecule has 17 heavy (non-hydrogen) atoms. The van der Waals surface area contributed by atoms with Gasteiger partial charge < -0.3 is 5.73 Å². The molecule has 0 radical (unpaired) electrons. The molecule has 1 fully saturated rings. The summed E-state index contributed by atoms with van der Waals surface area (Å²) in [5, 5.41) is 9.21. The van der Waals surface area contributed by atoms with Crippen molar-refractivity contribution in [3.8, 4) is 6.07 Å². The van der Waals surface area contributed by atoms with Gasteiger partial charge in [0.25, 0.3) is 0 Å². The molecule has 0 aliphatic heterocycles. The maximum Gasteiger partial charge on any atom is 0.116 e. The van der Waals surface area contributed by atoms with E-state index in [1.54, 1.807) is 11.8 Å². The lowest BCUT2D eigenvalue weighted by Crippen LogP contribution is -2.43. The number of nitrogens with two attached hydrogens (primary N) is 1. The number of thioether (sulfide) groups is 1. The zero-order valence-electron chi connectivity index (χ0n) is 10.4. The third kappa shape index (κ3) is 2.83. The molecule has 2 N–H and O–H groups in total. The molecule has 1 aromatic rings. The van der Waals surface area contributed by atoms with Gasteiger partial charge in [0.2, 0.25) is 0 Å². The normalized spacial score (nSPS) is 18.5. The second-order valence-electron chi connectivity index (χ2n) is 4.98. The maximum atomic E-state index is 9.21. The minimum Gasteiger partial charge on any atom is -0.312 e. The number of hydrogen-bond acceptors (Lipinski definition) is 3. The monoisotopic (exact) mass is 246 g/mol. The molecular weight excluding hydrogens is 228 g/mol. The number of nitriles is 1. The Morgan fingerprint density at radius 3 is 2.76 bits per heavy atom. The molecule has 2 nitrogen and oxygen atoms in total. The molecule has 90 valence electrons. The molecule has 1 atom stereocenters. The molecule has 0 spiro atoms. The Labute approximate surface area is 107 Å². The summed E-state index contributed by atoms with van der Waals surface area (Å²) in [6.45, 7) is 4.19. The van der Waals surface area contributed by atoms with E-state index in [2.05, 4.69) is 38.1 Å². The molecule has 0 saturated heterocycles. The minimum atomic E-state index is -0.638. The highest BCUT2D eigenvalue weighted by molar-refractivity contribution is 7.99. The summed E-state index contributed by atoms with van der Waals surface area (Å²) in [4.78, 5) is 1.25. The molecule has 1 saturated carbocycles. The highest BCUT2D eigenvalue weighted by atomic mass is 32.2. The first kappa shape index (κ1) is 12.5. The third-order valence-electron chi connectivity index (χ3n) is 3.32. The van der Waals surface area contributed by atoms with Crippen LogP contribution in [0.2, 0.25) is 0 Å². The van der Waals surface area contributed by atoms with Gasteiger partial charge in [-0.1, -0.05) is 17.7 Å². The minimum absolute atomic E-state index is 0.408. The zero-order valence-corrected chi connectivity index (χ0v) is 11.2. The van der Waals surface area contributed by atoms with Gasteiger partial charge in [-0.05, 0) is 44.2 Å². The van der Waals surface area contributed by atoms with E-state index in [1.807, 2.05) is 0 Å². The summed E-state index contributed by atoms with van der Waals surface area (Å²) >= 11 is 1.71. The summed E-state index contributed by atoms with van der Waals surface area (Å²) in [6.07, 6.45) is 2.22. The Morgan fingerprint density at radius 2 is 2.18 bits per heavy atom. The fourth-order valence-electron chi connectivity index (χ4n) is 1.90. The first-order chi connectivity index (χ1) is 8.05. The Bertz CT molecular complexity index is 460. The zero-order chi connectivity index (χ0) is 12.5. The molecular formula is C14H18N2S. The highest BCUT2D eigenvalue weighted by Gasteiger charge is 2.42. The Kier molecular flexibility index (Phi) is 3.46. The molecule has 1 aliphatic rings. The number of nitrogens with zero attached hydrogens (tertiary/aromatic N) is 1. The Hall–Kier alpha value is -0.980. The van der Waals surface area contributed by atoms with E-state index in [1.165, 1.54) is 16.0 Å². The number of benzene rings is 1. The molecule has 2 rings (SSSR count). The van der Waals surface area contributed by atoms with Crippen LogP contribution < -0.4 is 5.73 Å². The predicted octanol–water partition coefficient (Wildman–Crippen LogP) is 3.03. The van der Waals surface area contributed by atoms with Crippen molar-refractivity contribution in [3.05, 3.63) is 29.3 Å². The fourth-order valence-corrected chi connectivity index (χ4v) is 3.16. The van der Waals surface area contributed by atoms with E-state index in [0.29, 0.717) is 11.7 Å². The van der Waals surface area contributed by atoms with Gasteiger partial charge in [-0.15, -0.1) is 11.8 Å². The number of aryl methyl sites for hydroxylation is 2. The quantitative estimate of drug-likeness (QED) is 0.831. The molecule has 3 heteroatoms. The van der Waals surface area contributed by atoms with Crippen molar-refractivity contribution >= 4 is 11.8 Å². The van der Waals surface area contributed by atoms with E-state index in [0.717, 1.165) is 12.8 Å². The van der Waals surface area contributed by atoms with Gasteiger partial charge in [-0.3, -0.25) is 0 Å². The van der Waals surface area contributed by atoms with Crippen molar-refractivity contribution < 1.29 is 0 Å². The smallest absolute Gasteiger partial charge is 0.116 e. The van der Waals surface area contributed by atoms with Crippen LogP contribution >= 0.6 is 11.8 Å². The Morgan fingerprint density at radius 1 is 1.47 bits per heavy atom. The SMILES string of the molecule is Cc1ccc(C)c(SCC(N)(C#N)C2CC2)c1. The number of hydrogen-bond donors (Lipinski definition) is 1. The van der Waals surface area contributed by atoms with Crippen molar-refractivity contribution in [1.29, 1.82) is 5.26 Å². The van der Waals surface area contributed by atoms with Crippen molar-refractivity contribution in [1.82, 2.24) is 0 Å². The lowest BCUT2D eigenvalue weighted by Gasteiger charge is -2.20. The van der Waals surface area contributed by atoms with Crippen LogP contribution in [-0.4, -0.2) is 11.3 Å². The van der Waals surface area contributed by atoms with Gasteiger partial charge in [-0.25, -0.2) is 0 Å². The molecule has 1 unspecified atom stereocenters. The average molecular weight is 246 g/mol. The van der Waals surface area contributed by atoms with Crippen LogP contribution in [0.25, 0.3) is 0 Å². The van der Waals surface area contributed by atoms with Crippen molar-refractivity contribution in [2.75, 3.05) is 5.75 Å². The highest BCUT2D eigenvalue weighted by Crippen LogP contribution is 2.40. The summed E-state index contributed by atoms with van der Waals surface area (Å²) in [6, 6.07) is 8.71. The van der Waals surface area contributed by atoms with E-state index in [4.69, 9.17) is 5.73 Å². The van der Waals surface area contributed by atoms with Gasteiger partial charge in [0.15, 0.2) is 0 Å². The van der Waals surface area contributed by atoms with Crippen LogP contribution in [0.5, 0.6) is 0 Å². The molecule has 1 aliphatic carbocycles. The summed E-state index contributed by atoms with van der Waals surface area (Å²) < 4.78 is 0. The van der Waals surface area contributed by atoms with E-state index in [-0.39, 0.29) is 0 Å². The largest absolute Gasteiger partial charge is 0.312 e. The van der Waals surface area contributed by atoms with Crippen LogP contribution in [-0.2, 0) is 0 Å². The van der Waals surface area contributed by atoms with Gasteiger partial charge in [0, 0.05) is 10.6 Å². The molecule has 0 heterocycles. The van der Waals surface area contributed by atoms with Gasteiger partial charge in [0.1, 0.15) is 5.54 Å².